The summed E-state index contributed by atoms with van der Waals surface area (Å²) < 4.78 is 5.47. The van der Waals surface area contributed by atoms with Crippen LogP contribution in [0.3, 0.4) is 0 Å². The molecule has 19 heavy (non-hydrogen) atoms. The largest absolute Gasteiger partial charge is 0.380 e. The monoisotopic (exact) mass is 267 g/mol. The number of nitrogens with zero attached hydrogens (tertiary/aromatic N) is 3. The summed E-state index contributed by atoms with van der Waals surface area (Å²) in [6, 6.07) is 2.06. The molecule has 0 spiro atoms. The van der Waals surface area contributed by atoms with E-state index >= 15 is 0 Å². The van der Waals surface area contributed by atoms with Gasteiger partial charge in [-0.3, -0.25) is 4.79 Å². The van der Waals surface area contributed by atoms with Crippen molar-refractivity contribution in [3.8, 4) is 6.07 Å². The van der Waals surface area contributed by atoms with Crippen LogP contribution in [0, 0.1) is 17.2 Å². The number of likely N-dealkylation sites (tertiary alicyclic amines) is 1. The molecule has 0 aromatic carbocycles. The van der Waals surface area contributed by atoms with Crippen molar-refractivity contribution in [2.75, 3.05) is 40.3 Å². The number of rotatable bonds is 6. The summed E-state index contributed by atoms with van der Waals surface area (Å²) >= 11 is 0. The van der Waals surface area contributed by atoms with Gasteiger partial charge in [0.1, 0.15) is 0 Å². The zero-order chi connectivity index (χ0) is 14.3. The van der Waals surface area contributed by atoms with Crippen LogP contribution in [0.2, 0.25) is 0 Å². The molecule has 5 nitrogen and oxygen atoms in total. The minimum Gasteiger partial charge on any atom is -0.380 e. The Hall–Kier alpha value is -1.12. The number of nitriles is 1. The molecule has 1 aliphatic heterocycles. The molecule has 0 aliphatic carbocycles. The Morgan fingerprint density at radius 1 is 1.58 bits per heavy atom. The number of hydrogen-bond donors (Lipinski definition) is 0. The predicted octanol–water partition coefficient (Wildman–Crippen LogP) is 1.11. The van der Waals surface area contributed by atoms with Crippen LogP contribution in [0.1, 0.15) is 26.2 Å². The van der Waals surface area contributed by atoms with Crippen molar-refractivity contribution in [1.29, 1.82) is 5.26 Å². The molecule has 0 bridgehead atoms. The average Bonchev–Trinajstić information content (AvgIpc) is 2.43. The standard InChI is InChI=1S/C14H25N3O2/c1-12-5-9-17(11-13(12)19-3)10-6-14(18)16(2)8-4-7-15/h12-13H,4-6,8-11H2,1-3H3. The van der Waals surface area contributed by atoms with E-state index in [-0.39, 0.29) is 12.0 Å². The van der Waals surface area contributed by atoms with Crippen molar-refractivity contribution in [3.63, 3.8) is 0 Å². The zero-order valence-electron chi connectivity index (χ0n) is 12.3. The molecular weight excluding hydrogens is 242 g/mol. The highest BCUT2D eigenvalue weighted by atomic mass is 16.5. The first-order valence-electron chi connectivity index (χ1n) is 6.94. The molecule has 0 aromatic heterocycles. The summed E-state index contributed by atoms with van der Waals surface area (Å²) in [4.78, 5) is 15.8. The van der Waals surface area contributed by atoms with Gasteiger partial charge in [0.25, 0.3) is 0 Å². The Labute approximate surface area is 116 Å². The third kappa shape index (κ3) is 5.17. The number of piperidine rings is 1. The maximum atomic E-state index is 11.9. The number of ether oxygens (including phenoxy) is 1. The Morgan fingerprint density at radius 3 is 2.95 bits per heavy atom. The quantitative estimate of drug-likeness (QED) is 0.723. The summed E-state index contributed by atoms with van der Waals surface area (Å²) in [6.07, 6.45) is 2.32. The first kappa shape index (κ1) is 15.9. The van der Waals surface area contributed by atoms with Crippen LogP contribution in [-0.2, 0) is 9.53 Å². The molecule has 1 fully saturated rings. The molecule has 0 saturated carbocycles. The minimum atomic E-state index is 0.114. The summed E-state index contributed by atoms with van der Waals surface area (Å²) in [5, 5.41) is 8.50. The van der Waals surface area contributed by atoms with Crippen LogP contribution < -0.4 is 0 Å². The molecule has 1 rings (SSSR count). The smallest absolute Gasteiger partial charge is 0.223 e. The lowest BCUT2D eigenvalue weighted by Gasteiger charge is -2.36. The van der Waals surface area contributed by atoms with E-state index in [4.69, 9.17) is 10.00 Å². The molecule has 2 atom stereocenters. The van der Waals surface area contributed by atoms with Gasteiger partial charge in [0, 0.05) is 40.2 Å². The van der Waals surface area contributed by atoms with Gasteiger partial charge in [-0.2, -0.15) is 5.26 Å². The second-order valence-electron chi connectivity index (χ2n) is 5.31. The Bertz CT molecular complexity index is 327. The highest BCUT2D eigenvalue weighted by molar-refractivity contribution is 5.76. The van der Waals surface area contributed by atoms with E-state index in [1.54, 1.807) is 19.1 Å². The summed E-state index contributed by atoms with van der Waals surface area (Å²) in [5.41, 5.74) is 0. The first-order chi connectivity index (χ1) is 9.08. The highest BCUT2D eigenvalue weighted by Crippen LogP contribution is 2.19. The SMILES string of the molecule is COC1CN(CCC(=O)N(C)CCC#N)CCC1C. The van der Waals surface area contributed by atoms with Gasteiger partial charge in [0.2, 0.25) is 5.91 Å². The van der Waals surface area contributed by atoms with Crippen LogP contribution in [0.5, 0.6) is 0 Å². The fraction of sp³-hybridized carbons (Fsp3) is 0.857. The van der Waals surface area contributed by atoms with E-state index in [9.17, 15) is 4.79 Å². The van der Waals surface area contributed by atoms with Gasteiger partial charge in [-0.1, -0.05) is 6.92 Å². The topological polar surface area (TPSA) is 56.6 Å². The second kappa shape index (κ2) is 8.13. The molecule has 1 saturated heterocycles. The highest BCUT2D eigenvalue weighted by Gasteiger charge is 2.26. The van der Waals surface area contributed by atoms with E-state index < -0.39 is 0 Å². The molecular formula is C14H25N3O2. The van der Waals surface area contributed by atoms with Crippen molar-refractivity contribution >= 4 is 5.91 Å². The van der Waals surface area contributed by atoms with Crippen molar-refractivity contribution in [1.82, 2.24) is 9.80 Å². The molecule has 0 N–H and O–H groups in total. The molecule has 2 unspecified atom stereocenters. The first-order valence-corrected chi connectivity index (χ1v) is 6.94. The molecule has 0 aromatic rings. The van der Waals surface area contributed by atoms with Gasteiger partial charge in [-0.15, -0.1) is 0 Å². The van der Waals surface area contributed by atoms with E-state index in [2.05, 4.69) is 17.9 Å². The molecule has 0 radical (unpaired) electrons. The lowest BCUT2D eigenvalue weighted by Crippen LogP contribution is -2.45. The van der Waals surface area contributed by atoms with Crippen molar-refractivity contribution in [3.05, 3.63) is 0 Å². The van der Waals surface area contributed by atoms with Gasteiger partial charge < -0.3 is 14.5 Å². The van der Waals surface area contributed by atoms with Crippen molar-refractivity contribution in [2.45, 2.75) is 32.3 Å². The summed E-state index contributed by atoms with van der Waals surface area (Å²) in [5.74, 6) is 0.707. The summed E-state index contributed by atoms with van der Waals surface area (Å²) in [6.45, 7) is 5.46. The Kier molecular flexibility index (Phi) is 6.82. The van der Waals surface area contributed by atoms with Crippen LogP contribution >= 0.6 is 0 Å². The third-order valence-electron chi connectivity index (χ3n) is 3.90. The fourth-order valence-electron chi connectivity index (χ4n) is 2.39. The second-order valence-corrected chi connectivity index (χ2v) is 5.31. The molecule has 5 heteroatoms. The minimum absolute atomic E-state index is 0.114. The number of hydrogen-bond acceptors (Lipinski definition) is 4. The number of methoxy groups -OCH3 is 1. The molecule has 1 heterocycles. The van der Waals surface area contributed by atoms with Gasteiger partial charge >= 0.3 is 0 Å². The van der Waals surface area contributed by atoms with Crippen molar-refractivity contribution in [2.24, 2.45) is 5.92 Å². The maximum absolute atomic E-state index is 11.9. The molecule has 1 aliphatic rings. The predicted molar refractivity (Wildman–Crippen MR) is 73.5 cm³/mol. The van der Waals surface area contributed by atoms with Gasteiger partial charge in [-0.25, -0.2) is 0 Å². The lowest BCUT2D eigenvalue weighted by molar-refractivity contribution is -0.130. The Balaban J connectivity index is 2.29. The molecule has 108 valence electrons. The summed E-state index contributed by atoms with van der Waals surface area (Å²) in [7, 11) is 3.52. The van der Waals surface area contributed by atoms with Crippen molar-refractivity contribution < 1.29 is 9.53 Å². The maximum Gasteiger partial charge on any atom is 0.223 e. The van der Waals surface area contributed by atoms with Crippen LogP contribution in [0.25, 0.3) is 0 Å². The molecule has 1 amide bonds. The number of carbonyl (C=O) groups is 1. The number of carbonyl (C=O) groups excluding carboxylic acids is 1. The van der Waals surface area contributed by atoms with E-state index in [1.165, 1.54) is 0 Å². The fourth-order valence-corrected chi connectivity index (χ4v) is 2.39. The number of amides is 1. The van der Waals surface area contributed by atoms with Crippen LogP contribution in [0.4, 0.5) is 0 Å². The van der Waals surface area contributed by atoms with E-state index in [1.807, 2.05) is 0 Å². The van der Waals surface area contributed by atoms with Gasteiger partial charge in [0.15, 0.2) is 0 Å². The normalized spacial score (nSPS) is 23.9. The average molecular weight is 267 g/mol. The van der Waals surface area contributed by atoms with Crippen LogP contribution in [0.15, 0.2) is 0 Å². The van der Waals surface area contributed by atoms with Crippen LogP contribution in [-0.4, -0.2) is 62.1 Å². The Morgan fingerprint density at radius 2 is 2.32 bits per heavy atom. The van der Waals surface area contributed by atoms with E-state index in [0.717, 1.165) is 26.1 Å². The van der Waals surface area contributed by atoms with Gasteiger partial charge in [0.05, 0.1) is 18.6 Å². The zero-order valence-corrected chi connectivity index (χ0v) is 12.3. The third-order valence-corrected chi connectivity index (χ3v) is 3.90. The van der Waals surface area contributed by atoms with E-state index in [0.29, 0.717) is 25.3 Å². The lowest BCUT2D eigenvalue weighted by atomic mass is 9.96. The van der Waals surface area contributed by atoms with Gasteiger partial charge in [-0.05, 0) is 18.9 Å².